The van der Waals surface area contributed by atoms with Gasteiger partial charge in [-0.05, 0) is 31.9 Å². The van der Waals surface area contributed by atoms with Crippen molar-refractivity contribution < 1.29 is 14.1 Å². The first-order valence-electron chi connectivity index (χ1n) is 6.98. The first kappa shape index (κ1) is 19.3. The van der Waals surface area contributed by atoms with Crippen LogP contribution in [-0.4, -0.2) is 17.7 Å². The van der Waals surface area contributed by atoms with E-state index < -0.39 is 11.5 Å². The SMILES string of the molecule is CCOC(=O)c1c(-c2c(Cl)cc(Cl)cc2Cl)noc1C1(N)CC1.Cl. The van der Waals surface area contributed by atoms with Gasteiger partial charge in [-0.2, -0.15) is 0 Å². The van der Waals surface area contributed by atoms with Gasteiger partial charge in [-0.1, -0.05) is 40.0 Å². The second-order valence-electron chi connectivity index (χ2n) is 5.36. The fourth-order valence-electron chi connectivity index (χ4n) is 2.32. The molecule has 5 nitrogen and oxygen atoms in total. The van der Waals surface area contributed by atoms with Crippen molar-refractivity contribution in [2.24, 2.45) is 5.73 Å². The normalized spacial score (nSPS) is 14.9. The van der Waals surface area contributed by atoms with E-state index in [2.05, 4.69) is 5.16 Å². The molecule has 9 heteroatoms. The Labute approximate surface area is 159 Å². The van der Waals surface area contributed by atoms with E-state index >= 15 is 0 Å². The zero-order valence-corrected chi connectivity index (χ0v) is 15.7. The monoisotopic (exact) mass is 410 g/mol. The molecular weight excluding hydrogens is 398 g/mol. The van der Waals surface area contributed by atoms with Gasteiger partial charge in [0.25, 0.3) is 0 Å². The third kappa shape index (κ3) is 3.37. The molecule has 0 amide bonds. The van der Waals surface area contributed by atoms with Crippen LogP contribution in [-0.2, 0) is 10.3 Å². The number of rotatable bonds is 4. The number of nitrogens with two attached hydrogens (primary N) is 1. The predicted molar refractivity (Wildman–Crippen MR) is 95.3 cm³/mol. The summed E-state index contributed by atoms with van der Waals surface area (Å²) in [4.78, 5) is 12.4. The second-order valence-corrected chi connectivity index (χ2v) is 6.61. The third-order valence-electron chi connectivity index (χ3n) is 3.66. The molecule has 0 spiro atoms. The van der Waals surface area contributed by atoms with Gasteiger partial charge in [0.15, 0.2) is 5.76 Å². The molecule has 0 atom stereocenters. The van der Waals surface area contributed by atoms with Crippen LogP contribution in [0.15, 0.2) is 16.7 Å². The van der Waals surface area contributed by atoms with E-state index in [-0.39, 0.29) is 40.3 Å². The van der Waals surface area contributed by atoms with E-state index in [4.69, 9.17) is 49.8 Å². The molecule has 0 bridgehead atoms. The van der Waals surface area contributed by atoms with Crippen molar-refractivity contribution in [1.82, 2.24) is 5.16 Å². The molecular formula is C15H14Cl4N2O3. The maximum atomic E-state index is 12.4. The van der Waals surface area contributed by atoms with Crippen LogP contribution in [0.1, 0.15) is 35.9 Å². The van der Waals surface area contributed by atoms with Crippen molar-refractivity contribution in [3.63, 3.8) is 0 Å². The number of hydrogen-bond donors (Lipinski definition) is 1. The average molecular weight is 412 g/mol. The molecule has 1 heterocycles. The van der Waals surface area contributed by atoms with Crippen molar-refractivity contribution in [3.8, 4) is 11.3 Å². The van der Waals surface area contributed by atoms with E-state index in [1.54, 1.807) is 6.92 Å². The summed E-state index contributed by atoms with van der Waals surface area (Å²) in [5.74, 6) is -0.273. The van der Waals surface area contributed by atoms with Gasteiger partial charge in [0.2, 0.25) is 0 Å². The number of esters is 1. The third-order valence-corrected chi connectivity index (χ3v) is 4.47. The molecule has 3 rings (SSSR count). The van der Waals surface area contributed by atoms with Gasteiger partial charge in [-0.25, -0.2) is 4.79 Å². The van der Waals surface area contributed by atoms with Gasteiger partial charge in [-0.3, -0.25) is 0 Å². The van der Waals surface area contributed by atoms with Crippen molar-refractivity contribution in [2.45, 2.75) is 25.3 Å². The molecule has 2 aromatic rings. The minimum absolute atomic E-state index is 0. The Morgan fingerprint density at radius 2 is 1.92 bits per heavy atom. The number of halogens is 4. The number of aromatic nitrogens is 1. The molecule has 2 N–H and O–H groups in total. The van der Waals surface area contributed by atoms with Crippen LogP contribution in [0.25, 0.3) is 11.3 Å². The lowest BCUT2D eigenvalue weighted by molar-refractivity contribution is 0.0523. The molecule has 130 valence electrons. The standard InChI is InChI=1S/C15H13Cl3N2O3.ClH/c1-2-22-14(21)11-12(20-23-13(11)15(19)3-4-15)10-8(17)5-7(16)6-9(10)18;/h5-6H,2-4,19H2,1H3;1H. The summed E-state index contributed by atoms with van der Waals surface area (Å²) in [5.41, 5.74) is 6.21. The first-order chi connectivity index (χ1) is 10.9. The number of ether oxygens (including phenoxy) is 1. The predicted octanol–water partition coefficient (Wildman–Crippen LogP) is 4.85. The fourth-order valence-corrected chi connectivity index (χ4v) is 3.32. The lowest BCUT2D eigenvalue weighted by atomic mass is 10.0. The summed E-state index contributed by atoms with van der Waals surface area (Å²) >= 11 is 18.4. The Hall–Kier alpha value is -0.980. The number of benzene rings is 1. The molecule has 1 aromatic heterocycles. The van der Waals surface area contributed by atoms with E-state index in [9.17, 15) is 4.79 Å². The molecule has 24 heavy (non-hydrogen) atoms. The zero-order valence-electron chi connectivity index (χ0n) is 12.6. The Kier molecular flexibility index (Phi) is 5.72. The highest BCUT2D eigenvalue weighted by Gasteiger charge is 2.48. The highest BCUT2D eigenvalue weighted by Crippen LogP contribution is 2.48. The topological polar surface area (TPSA) is 78.3 Å². The van der Waals surface area contributed by atoms with Gasteiger partial charge in [0, 0.05) is 10.6 Å². The molecule has 1 saturated carbocycles. The molecule has 1 aromatic carbocycles. The smallest absolute Gasteiger partial charge is 0.344 e. The molecule has 0 aliphatic heterocycles. The second kappa shape index (κ2) is 7.10. The highest BCUT2D eigenvalue weighted by molar-refractivity contribution is 6.42. The van der Waals surface area contributed by atoms with Gasteiger partial charge in [0.1, 0.15) is 11.3 Å². The van der Waals surface area contributed by atoms with Crippen LogP contribution in [0.5, 0.6) is 0 Å². The molecule has 0 radical (unpaired) electrons. The Morgan fingerprint density at radius 1 is 1.33 bits per heavy atom. The van der Waals surface area contributed by atoms with Crippen molar-refractivity contribution >= 4 is 53.2 Å². The van der Waals surface area contributed by atoms with E-state index in [0.29, 0.717) is 29.2 Å². The quantitative estimate of drug-likeness (QED) is 0.727. The Bertz CT molecular complexity index is 764. The fraction of sp³-hybridized carbons (Fsp3) is 0.333. The van der Waals surface area contributed by atoms with Crippen molar-refractivity contribution in [3.05, 3.63) is 38.5 Å². The van der Waals surface area contributed by atoms with Crippen LogP contribution in [0.4, 0.5) is 0 Å². The van der Waals surface area contributed by atoms with E-state index in [0.717, 1.165) is 0 Å². The first-order valence-corrected chi connectivity index (χ1v) is 8.12. The summed E-state index contributed by atoms with van der Waals surface area (Å²) in [6.07, 6.45) is 1.41. The van der Waals surface area contributed by atoms with Crippen LogP contribution >= 0.6 is 47.2 Å². The van der Waals surface area contributed by atoms with Crippen molar-refractivity contribution in [1.29, 1.82) is 0 Å². The maximum Gasteiger partial charge on any atom is 0.344 e. The van der Waals surface area contributed by atoms with Gasteiger partial charge < -0.3 is 15.0 Å². The lowest BCUT2D eigenvalue weighted by Gasteiger charge is -2.09. The Balaban J connectivity index is 0.00000208. The number of nitrogens with zero attached hydrogens (tertiary/aromatic N) is 1. The molecule has 0 unspecified atom stereocenters. The minimum Gasteiger partial charge on any atom is -0.462 e. The molecule has 0 saturated heterocycles. The minimum atomic E-state index is -0.696. The van der Waals surface area contributed by atoms with Gasteiger partial charge >= 0.3 is 5.97 Å². The summed E-state index contributed by atoms with van der Waals surface area (Å²) in [6.45, 7) is 1.92. The van der Waals surface area contributed by atoms with Crippen LogP contribution in [0.2, 0.25) is 15.1 Å². The van der Waals surface area contributed by atoms with E-state index in [1.807, 2.05) is 0 Å². The zero-order chi connectivity index (χ0) is 16.8. The summed E-state index contributed by atoms with van der Waals surface area (Å²) in [6, 6.07) is 3.03. The average Bonchev–Trinajstić information content (AvgIpc) is 3.05. The molecule has 1 fully saturated rings. The Morgan fingerprint density at radius 3 is 2.42 bits per heavy atom. The maximum absolute atomic E-state index is 12.4. The summed E-state index contributed by atoms with van der Waals surface area (Å²) in [7, 11) is 0. The number of hydrogen-bond acceptors (Lipinski definition) is 5. The highest BCUT2D eigenvalue weighted by atomic mass is 35.5. The van der Waals surface area contributed by atoms with Crippen LogP contribution < -0.4 is 5.73 Å². The van der Waals surface area contributed by atoms with Gasteiger partial charge in [0.05, 0.1) is 22.2 Å². The van der Waals surface area contributed by atoms with Crippen LogP contribution in [0.3, 0.4) is 0 Å². The number of carbonyl (C=O) groups excluding carboxylic acids is 1. The molecule has 1 aliphatic rings. The largest absolute Gasteiger partial charge is 0.462 e. The van der Waals surface area contributed by atoms with Crippen molar-refractivity contribution in [2.75, 3.05) is 6.61 Å². The van der Waals surface area contributed by atoms with Gasteiger partial charge in [-0.15, -0.1) is 12.4 Å². The molecule has 1 aliphatic carbocycles. The van der Waals surface area contributed by atoms with E-state index in [1.165, 1.54) is 12.1 Å². The number of carbonyl (C=O) groups is 1. The summed E-state index contributed by atoms with van der Waals surface area (Å²) in [5, 5.41) is 4.88. The summed E-state index contributed by atoms with van der Waals surface area (Å²) < 4.78 is 10.5. The lowest BCUT2D eigenvalue weighted by Crippen LogP contribution is -2.22. The van der Waals surface area contributed by atoms with Crippen LogP contribution in [0, 0.1) is 0 Å².